The van der Waals surface area contributed by atoms with Crippen LogP contribution in [0.4, 0.5) is 0 Å². The second-order valence-electron chi connectivity index (χ2n) is 21.1. The molecule has 498 valence electrons. The van der Waals surface area contributed by atoms with Crippen LogP contribution in [0.15, 0.2) is 0 Å². The average molecular weight is 1460 g/mol. The molecular weight excluding hydrogens is 1360 g/mol. The van der Waals surface area contributed by atoms with Crippen molar-refractivity contribution in [3.05, 3.63) is 0 Å². The van der Waals surface area contributed by atoms with Gasteiger partial charge in [0.05, 0.1) is 91.6 Å². The number of hydrogen-bond acceptors (Lipinski definition) is 29. The van der Waals surface area contributed by atoms with Crippen LogP contribution in [0.2, 0.25) is 0 Å². The van der Waals surface area contributed by atoms with E-state index in [0.29, 0.717) is 0 Å². The van der Waals surface area contributed by atoms with Gasteiger partial charge in [-0.15, -0.1) is 0 Å². The van der Waals surface area contributed by atoms with Crippen molar-refractivity contribution in [2.45, 2.75) is 251 Å². The number of esters is 1. The number of carbonyl (C=O) groups excluding carboxylic acids is 1. The van der Waals surface area contributed by atoms with Crippen molar-refractivity contribution in [3.63, 3.8) is 0 Å². The first-order valence-corrected chi connectivity index (χ1v) is 49.8. The van der Waals surface area contributed by atoms with Gasteiger partial charge >= 0.3 is 47.1 Å². The molecule has 0 aromatic heterocycles. The lowest BCUT2D eigenvalue weighted by molar-refractivity contribution is -0.142. The molecule has 0 amide bonds. The van der Waals surface area contributed by atoms with Crippen LogP contribution >= 0.6 is 127 Å². The molecule has 0 aliphatic rings. The smallest absolute Gasteiger partial charge is 0.466 e. The maximum atomic E-state index is 15.3. The van der Waals surface area contributed by atoms with Crippen molar-refractivity contribution in [1.29, 1.82) is 0 Å². The van der Waals surface area contributed by atoms with Gasteiger partial charge in [0.25, 0.3) is 6.57 Å². The van der Waals surface area contributed by atoms with Crippen LogP contribution in [0.5, 0.6) is 0 Å². The van der Waals surface area contributed by atoms with E-state index in [4.69, 9.17) is 63.5 Å². The van der Waals surface area contributed by atoms with Crippen LogP contribution in [0.3, 0.4) is 0 Å². The average Bonchev–Trinajstić information content (AvgIpc) is 3.29. The zero-order chi connectivity index (χ0) is 64.4. The van der Waals surface area contributed by atoms with E-state index < -0.39 is 126 Å². The predicted octanol–water partition coefficient (Wildman–Crippen LogP) is 19.3. The molecule has 0 rings (SSSR count). The van der Waals surface area contributed by atoms with Crippen LogP contribution in [0.25, 0.3) is 0 Å². The van der Waals surface area contributed by atoms with E-state index in [9.17, 15) is 32.5 Å². The highest BCUT2D eigenvalue weighted by Gasteiger charge is 2.49. The van der Waals surface area contributed by atoms with Crippen LogP contribution in [-0.2, 0) is 95.7 Å². The molecule has 0 bridgehead atoms. The number of rotatable bonds is 50. The van der Waals surface area contributed by atoms with E-state index in [2.05, 4.69) is 0 Å². The quantitative estimate of drug-likeness (QED) is 0.0438. The number of hydrogen-bond donors (Lipinski definition) is 1. The fourth-order valence-corrected chi connectivity index (χ4v) is 37.4. The third kappa shape index (κ3) is 40.8. The minimum Gasteiger partial charge on any atom is -0.466 e. The summed E-state index contributed by atoms with van der Waals surface area (Å²) in [7, 11) is -3.50. The predicted molar refractivity (Wildman–Crippen MR) is 355 cm³/mol. The molecule has 0 aromatic carbocycles. The lowest BCUT2D eigenvalue weighted by atomic mass is 10.5. The Hall–Kier alpha value is 3.17. The molecule has 0 heterocycles. The van der Waals surface area contributed by atoms with E-state index >= 15 is 4.57 Å². The van der Waals surface area contributed by atoms with E-state index in [-0.39, 0.29) is 65.5 Å². The Kier molecular flexibility index (Phi) is 43.4. The summed E-state index contributed by atoms with van der Waals surface area (Å²) in [5.74, 6) is -0.634. The van der Waals surface area contributed by atoms with Gasteiger partial charge in [0, 0.05) is 34.5 Å². The molecule has 83 heavy (non-hydrogen) atoms. The van der Waals surface area contributed by atoms with E-state index in [1.54, 1.807) is 159 Å². The molecule has 0 spiro atoms. The summed E-state index contributed by atoms with van der Waals surface area (Å²) >= 11 is 6.18. The zero-order valence-corrected chi connectivity index (χ0v) is 64.9. The summed E-state index contributed by atoms with van der Waals surface area (Å²) in [6, 6.07) is 0. The molecule has 36 heteroatoms. The van der Waals surface area contributed by atoms with Crippen molar-refractivity contribution in [3.8, 4) is 0 Å². The molecule has 0 fully saturated rings. The van der Waals surface area contributed by atoms with E-state index in [1.807, 2.05) is 0 Å². The normalized spacial score (nSPS) is 17.8. The molecular formula is C47H102O22P7S7+. The highest BCUT2D eigenvalue weighted by Crippen LogP contribution is 2.74. The Labute approximate surface area is 527 Å². The minimum absolute atomic E-state index is 0.00821. The Morgan fingerprint density at radius 1 is 0.373 bits per heavy atom. The lowest BCUT2D eigenvalue weighted by Gasteiger charge is -2.30. The Balaban J connectivity index is 7.07. The summed E-state index contributed by atoms with van der Waals surface area (Å²) in [6.07, 6.45) is -7.89. The lowest BCUT2D eigenvalue weighted by Crippen LogP contribution is -2.19. The molecule has 0 saturated carbocycles. The van der Waals surface area contributed by atoms with E-state index in [0.717, 1.165) is 79.7 Å². The van der Waals surface area contributed by atoms with Gasteiger partial charge < -0.3 is 9.26 Å². The van der Waals surface area contributed by atoms with Gasteiger partial charge in [0.2, 0.25) is 0 Å². The van der Waals surface area contributed by atoms with Gasteiger partial charge in [-0.2, -0.15) is 13.9 Å². The summed E-state index contributed by atoms with van der Waals surface area (Å²) in [6.45, 7) is 16.1. The van der Waals surface area contributed by atoms with Gasteiger partial charge in [-0.3, -0.25) is 54.6 Å². The molecule has 0 radical (unpaired) electrons. The van der Waals surface area contributed by atoms with Crippen LogP contribution in [0, 0.1) is 0 Å². The fraction of sp³-hybridized carbons (Fsp3) is 0.979. The van der Waals surface area contributed by atoms with Gasteiger partial charge in [-0.05, 0) is 209 Å². The van der Waals surface area contributed by atoms with Crippen LogP contribution in [0.1, 0.15) is 166 Å². The second kappa shape index (κ2) is 41.8. The summed E-state index contributed by atoms with van der Waals surface area (Å²) in [5.41, 5.74) is -0.750. The third-order valence-electron chi connectivity index (χ3n) is 8.53. The number of ether oxygens (including phenoxy) is 1. The molecule has 0 aromatic rings. The van der Waals surface area contributed by atoms with Crippen LogP contribution < -0.4 is 0 Å². The topological polar surface area (TPSA) is 269 Å². The third-order valence-corrected chi connectivity index (χ3v) is 39.5. The van der Waals surface area contributed by atoms with Gasteiger partial charge in [0.15, 0.2) is 0 Å². The van der Waals surface area contributed by atoms with Crippen LogP contribution in [-0.4, -0.2) is 143 Å². The molecule has 1 N–H and O–H groups in total. The second-order valence-corrected chi connectivity index (χ2v) is 50.4. The molecule has 0 saturated heterocycles. The van der Waals surface area contributed by atoms with E-state index in [1.165, 1.54) is 0 Å². The Morgan fingerprint density at radius 2 is 0.639 bits per heavy atom. The molecule has 8 atom stereocenters. The highest BCUT2D eigenvalue weighted by atomic mass is 32.8. The maximum Gasteiger partial charge on any atom is 0.479 e. The van der Waals surface area contributed by atoms with Gasteiger partial charge in [-0.1, -0.05) is 18.3 Å². The SMILES string of the molecule is CCOC(=O)CCSP(=O)(OC(C)CSP(=O)(OC(C)CSP(=O)(OC(C)C)OC(C)C)OC(C)CSP(=O)(OC(C)C)OC(C)C)OC(C)CSP(=O)(OC(C)CSP(=O)(OC(C)C)OC(C)C)C(C)CS[P+](O)(OC(C)C)OC(C)C. The highest BCUT2D eigenvalue weighted by molar-refractivity contribution is 8.59. The van der Waals surface area contributed by atoms with Crippen molar-refractivity contribution in [1.82, 2.24) is 0 Å². The van der Waals surface area contributed by atoms with Crippen molar-refractivity contribution in [2.24, 2.45) is 0 Å². The van der Waals surface area contributed by atoms with Crippen molar-refractivity contribution in [2.75, 3.05) is 46.9 Å². The Bertz CT molecular complexity index is 2030. The van der Waals surface area contributed by atoms with Crippen molar-refractivity contribution < 1.29 is 101 Å². The van der Waals surface area contributed by atoms with Gasteiger partial charge in [0.1, 0.15) is 23.6 Å². The first-order chi connectivity index (χ1) is 37.9. The minimum atomic E-state index is -4.27. The summed E-state index contributed by atoms with van der Waals surface area (Å²) in [4.78, 5) is 24.0. The zero-order valence-electron chi connectivity index (χ0n) is 53.0. The first-order valence-electron chi connectivity index (χ1n) is 27.7. The Morgan fingerprint density at radius 3 is 0.916 bits per heavy atom. The van der Waals surface area contributed by atoms with Gasteiger partial charge in [-0.25, -0.2) is 22.8 Å². The summed E-state index contributed by atoms with van der Waals surface area (Å²) in [5, 5.41) is 0. The van der Waals surface area contributed by atoms with Crippen molar-refractivity contribution >= 4 is 133 Å². The molecule has 22 nitrogen and oxygen atoms in total. The largest absolute Gasteiger partial charge is 0.479 e. The molecule has 0 aliphatic heterocycles. The molecule has 8 unspecified atom stereocenters. The summed E-state index contributed by atoms with van der Waals surface area (Å²) < 4.78 is 169. The fourth-order valence-electron chi connectivity index (χ4n) is 5.90. The first kappa shape index (κ1) is 86.2. The number of carbonyl (C=O) groups is 1. The monoisotopic (exact) mass is 1460 g/mol. The molecule has 0 aliphatic carbocycles. The maximum absolute atomic E-state index is 15.3. The standard InChI is InChI=1S/C47H102O22P7S7/c1-24-56-47(48)25-26-77-75(54,66-42(19)27-78-70(49,46(23)32-83-74(53,63-39(14)15)64-40(16)17)65-41(18)28-79-71(50,57-33(2)3)58-34(4)5)67-43(20)31-82-76(55,68-44(21)29-80-72(51,59-35(6)7)60-36(8)9)69-45(22)30-81-73(52,61-37(10)11)62-38(12)13/h33-46,53H,24-32H2,1-23H3/q+1.